The number of hydrazine groups is 1. The molecule has 0 aromatic heterocycles. The van der Waals surface area contributed by atoms with Crippen molar-refractivity contribution in [3.63, 3.8) is 0 Å². The molecule has 18 heavy (non-hydrogen) atoms. The maximum absolute atomic E-state index is 3.65. The number of piperidine rings is 1. The third-order valence-electron chi connectivity index (χ3n) is 4.07. The first-order chi connectivity index (χ1) is 8.42. The summed E-state index contributed by atoms with van der Waals surface area (Å²) < 4.78 is 0. The Morgan fingerprint density at radius 3 is 2.11 bits per heavy atom. The molecule has 0 spiro atoms. The SMILES string of the molecule is CC1(C)CCCC(C)(C)N1NCc1ccccc1. The van der Waals surface area contributed by atoms with Gasteiger partial charge in [-0.25, -0.2) is 10.4 Å². The average molecular weight is 246 g/mol. The number of nitrogens with one attached hydrogen (secondary N) is 1. The van der Waals surface area contributed by atoms with Crippen LogP contribution in [0.1, 0.15) is 52.5 Å². The molecule has 1 aliphatic heterocycles. The Kier molecular flexibility index (Phi) is 3.79. The van der Waals surface area contributed by atoms with E-state index in [1.807, 2.05) is 0 Å². The van der Waals surface area contributed by atoms with E-state index >= 15 is 0 Å². The minimum atomic E-state index is 0.233. The molecule has 2 heteroatoms. The molecule has 1 N–H and O–H groups in total. The van der Waals surface area contributed by atoms with Gasteiger partial charge >= 0.3 is 0 Å². The average Bonchev–Trinajstić information content (AvgIpc) is 2.28. The number of nitrogens with zero attached hydrogens (tertiary/aromatic N) is 1. The van der Waals surface area contributed by atoms with E-state index in [1.165, 1.54) is 24.8 Å². The summed E-state index contributed by atoms with van der Waals surface area (Å²) in [4.78, 5) is 0. The summed E-state index contributed by atoms with van der Waals surface area (Å²) in [6, 6.07) is 10.6. The first-order valence-electron chi connectivity index (χ1n) is 7.00. The van der Waals surface area contributed by atoms with Crippen molar-refractivity contribution in [1.29, 1.82) is 0 Å². The van der Waals surface area contributed by atoms with Crippen molar-refractivity contribution in [2.24, 2.45) is 0 Å². The second kappa shape index (κ2) is 5.02. The second-order valence-electron chi connectivity index (χ2n) is 6.63. The number of benzene rings is 1. The van der Waals surface area contributed by atoms with Gasteiger partial charge in [0.15, 0.2) is 0 Å². The van der Waals surface area contributed by atoms with Crippen LogP contribution in [0.25, 0.3) is 0 Å². The fourth-order valence-corrected chi connectivity index (χ4v) is 3.19. The smallest absolute Gasteiger partial charge is 0.0353 e. The molecular weight excluding hydrogens is 220 g/mol. The van der Waals surface area contributed by atoms with Gasteiger partial charge in [-0.1, -0.05) is 30.3 Å². The second-order valence-corrected chi connectivity index (χ2v) is 6.63. The zero-order chi connectivity index (χ0) is 13.2. The highest BCUT2D eigenvalue weighted by molar-refractivity contribution is 5.14. The zero-order valence-electron chi connectivity index (χ0n) is 12.2. The lowest BCUT2D eigenvalue weighted by Gasteiger charge is -2.52. The molecule has 1 aromatic carbocycles. The monoisotopic (exact) mass is 246 g/mol. The summed E-state index contributed by atoms with van der Waals surface area (Å²) in [5, 5.41) is 2.47. The Balaban J connectivity index is 2.05. The molecule has 2 rings (SSSR count). The van der Waals surface area contributed by atoms with Crippen LogP contribution in [0.2, 0.25) is 0 Å². The highest BCUT2D eigenvalue weighted by Crippen LogP contribution is 2.36. The van der Waals surface area contributed by atoms with Gasteiger partial charge in [0.1, 0.15) is 0 Å². The predicted octanol–water partition coefficient (Wildman–Crippen LogP) is 3.73. The number of rotatable bonds is 3. The first-order valence-corrected chi connectivity index (χ1v) is 7.00. The fourth-order valence-electron chi connectivity index (χ4n) is 3.19. The minimum Gasteiger partial charge on any atom is -0.250 e. The largest absolute Gasteiger partial charge is 0.250 e. The van der Waals surface area contributed by atoms with Crippen LogP contribution < -0.4 is 5.43 Å². The summed E-state index contributed by atoms with van der Waals surface area (Å²) in [5.74, 6) is 0. The molecule has 1 aromatic rings. The topological polar surface area (TPSA) is 15.3 Å². The third kappa shape index (κ3) is 2.93. The van der Waals surface area contributed by atoms with Gasteiger partial charge in [-0.3, -0.25) is 0 Å². The predicted molar refractivity (Wildman–Crippen MR) is 77.1 cm³/mol. The van der Waals surface area contributed by atoms with Crippen molar-refractivity contribution in [1.82, 2.24) is 10.4 Å². The Hall–Kier alpha value is -0.860. The normalized spacial score (nSPS) is 22.9. The molecule has 1 saturated heterocycles. The van der Waals surface area contributed by atoms with Crippen LogP contribution in [-0.2, 0) is 6.54 Å². The summed E-state index contributed by atoms with van der Waals surface area (Å²) in [7, 11) is 0. The van der Waals surface area contributed by atoms with Crippen molar-refractivity contribution in [2.45, 2.75) is 64.6 Å². The van der Waals surface area contributed by atoms with E-state index in [0.717, 1.165) is 6.54 Å². The van der Waals surface area contributed by atoms with Gasteiger partial charge < -0.3 is 0 Å². The third-order valence-corrected chi connectivity index (χ3v) is 4.07. The van der Waals surface area contributed by atoms with Crippen LogP contribution in [0.5, 0.6) is 0 Å². The van der Waals surface area contributed by atoms with Crippen molar-refractivity contribution in [3.05, 3.63) is 35.9 Å². The van der Waals surface area contributed by atoms with Crippen LogP contribution >= 0.6 is 0 Å². The molecule has 0 saturated carbocycles. The van der Waals surface area contributed by atoms with Crippen molar-refractivity contribution in [2.75, 3.05) is 0 Å². The Morgan fingerprint density at radius 1 is 1.00 bits per heavy atom. The molecule has 0 aliphatic carbocycles. The minimum absolute atomic E-state index is 0.233. The molecule has 0 unspecified atom stereocenters. The standard InChI is InChI=1S/C16H26N2/c1-15(2)11-8-12-16(3,4)18(15)17-13-14-9-6-5-7-10-14/h5-7,9-10,17H,8,11-13H2,1-4H3. The Labute approximate surface area is 111 Å². The lowest BCUT2D eigenvalue weighted by atomic mass is 9.81. The van der Waals surface area contributed by atoms with Crippen LogP contribution in [0, 0.1) is 0 Å². The molecule has 100 valence electrons. The quantitative estimate of drug-likeness (QED) is 0.874. The highest BCUT2D eigenvalue weighted by Gasteiger charge is 2.41. The maximum Gasteiger partial charge on any atom is 0.0353 e. The summed E-state index contributed by atoms with van der Waals surface area (Å²) in [6.07, 6.45) is 3.85. The van der Waals surface area contributed by atoms with Crippen molar-refractivity contribution >= 4 is 0 Å². The van der Waals surface area contributed by atoms with Gasteiger partial charge in [-0.2, -0.15) is 0 Å². The van der Waals surface area contributed by atoms with E-state index in [2.05, 4.69) is 68.5 Å². The lowest BCUT2D eigenvalue weighted by Crippen LogP contribution is -2.63. The number of hydrogen-bond donors (Lipinski definition) is 1. The summed E-state index contributed by atoms with van der Waals surface area (Å²) in [6.45, 7) is 10.3. The summed E-state index contributed by atoms with van der Waals surface area (Å²) >= 11 is 0. The molecule has 0 radical (unpaired) electrons. The molecule has 2 nitrogen and oxygen atoms in total. The van der Waals surface area contributed by atoms with Crippen LogP contribution in [-0.4, -0.2) is 16.1 Å². The molecule has 0 amide bonds. The fraction of sp³-hybridized carbons (Fsp3) is 0.625. The molecule has 1 heterocycles. The van der Waals surface area contributed by atoms with Crippen LogP contribution in [0.15, 0.2) is 30.3 Å². The van der Waals surface area contributed by atoms with Gasteiger partial charge in [0, 0.05) is 17.6 Å². The Morgan fingerprint density at radius 2 is 1.56 bits per heavy atom. The maximum atomic E-state index is 3.65. The van der Waals surface area contributed by atoms with Gasteiger partial charge in [0.2, 0.25) is 0 Å². The zero-order valence-corrected chi connectivity index (χ0v) is 12.2. The number of hydrogen-bond acceptors (Lipinski definition) is 2. The summed E-state index contributed by atoms with van der Waals surface area (Å²) in [5.41, 5.74) is 5.46. The van der Waals surface area contributed by atoms with E-state index in [9.17, 15) is 0 Å². The van der Waals surface area contributed by atoms with Gasteiger partial charge in [0.05, 0.1) is 0 Å². The van der Waals surface area contributed by atoms with Gasteiger partial charge in [-0.15, -0.1) is 0 Å². The van der Waals surface area contributed by atoms with Crippen LogP contribution in [0.3, 0.4) is 0 Å². The molecule has 0 atom stereocenters. The van der Waals surface area contributed by atoms with Crippen molar-refractivity contribution in [3.8, 4) is 0 Å². The van der Waals surface area contributed by atoms with Crippen molar-refractivity contribution < 1.29 is 0 Å². The van der Waals surface area contributed by atoms with E-state index in [1.54, 1.807) is 0 Å². The van der Waals surface area contributed by atoms with E-state index < -0.39 is 0 Å². The molecule has 1 aliphatic rings. The molecule has 0 bridgehead atoms. The molecular formula is C16H26N2. The lowest BCUT2D eigenvalue weighted by molar-refractivity contribution is -0.0721. The van der Waals surface area contributed by atoms with E-state index in [4.69, 9.17) is 0 Å². The van der Waals surface area contributed by atoms with E-state index in [0.29, 0.717) is 0 Å². The van der Waals surface area contributed by atoms with Crippen LogP contribution in [0.4, 0.5) is 0 Å². The van der Waals surface area contributed by atoms with E-state index in [-0.39, 0.29) is 11.1 Å². The molecule has 1 fully saturated rings. The van der Waals surface area contributed by atoms with Gasteiger partial charge in [0.25, 0.3) is 0 Å². The first kappa shape index (κ1) is 13.6. The van der Waals surface area contributed by atoms with Gasteiger partial charge in [-0.05, 0) is 52.5 Å². The highest BCUT2D eigenvalue weighted by atomic mass is 15.6. The Bertz CT molecular complexity index is 365.